The fourth-order valence-electron chi connectivity index (χ4n) is 3.73. The second-order valence-corrected chi connectivity index (χ2v) is 8.49. The van der Waals surface area contributed by atoms with Crippen molar-refractivity contribution in [3.05, 3.63) is 35.4 Å². The molecule has 0 aromatic heterocycles. The molecule has 1 aliphatic heterocycles. The van der Waals surface area contributed by atoms with E-state index in [2.05, 4.69) is 74.4 Å². The number of benzene rings is 1. The highest BCUT2D eigenvalue weighted by atomic mass is 16.5. The number of guanidine groups is 1. The second-order valence-electron chi connectivity index (χ2n) is 8.49. The molecule has 1 aromatic carbocycles. The second kappa shape index (κ2) is 13.6. The van der Waals surface area contributed by atoms with Crippen molar-refractivity contribution in [3.8, 4) is 0 Å². The van der Waals surface area contributed by atoms with Crippen molar-refractivity contribution >= 4 is 5.96 Å². The summed E-state index contributed by atoms with van der Waals surface area (Å²) in [6.45, 7) is 16.8. The zero-order valence-electron chi connectivity index (χ0n) is 19.6. The molecule has 0 atom stereocenters. The highest BCUT2D eigenvalue weighted by Crippen LogP contribution is 2.14. The quantitative estimate of drug-likeness (QED) is 0.425. The van der Waals surface area contributed by atoms with Crippen molar-refractivity contribution < 1.29 is 9.47 Å². The minimum Gasteiger partial charge on any atom is -0.381 e. The molecule has 0 amide bonds. The van der Waals surface area contributed by atoms with E-state index < -0.39 is 0 Å². The van der Waals surface area contributed by atoms with Crippen LogP contribution >= 0.6 is 0 Å². The van der Waals surface area contributed by atoms with Gasteiger partial charge >= 0.3 is 0 Å². The summed E-state index contributed by atoms with van der Waals surface area (Å²) < 4.78 is 11.4. The average Bonchev–Trinajstić information content (AvgIpc) is 2.74. The summed E-state index contributed by atoms with van der Waals surface area (Å²) in [5, 5.41) is 6.81. The minimum absolute atomic E-state index is 0.332. The number of rotatable bonds is 11. The highest BCUT2D eigenvalue weighted by Gasteiger charge is 2.14. The molecule has 1 heterocycles. The van der Waals surface area contributed by atoms with Crippen LogP contribution in [-0.2, 0) is 22.6 Å². The molecule has 6 nitrogen and oxygen atoms in total. The molecule has 0 bridgehead atoms. The first-order valence-corrected chi connectivity index (χ1v) is 11.5. The summed E-state index contributed by atoms with van der Waals surface area (Å²) in [5.74, 6) is 0.872. The van der Waals surface area contributed by atoms with E-state index in [0.717, 1.165) is 51.6 Å². The normalized spacial score (nSPS) is 15.9. The van der Waals surface area contributed by atoms with Crippen molar-refractivity contribution in [3.63, 3.8) is 0 Å². The van der Waals surface area contributed by atoms with E-state index in [1.807, 2.05) is 0 Å². The zero-order chi connectivity index (χ0) is 21.8. The van der Waals surface area contributed by atoms with Gasteiger partial charge in [0, 0.05) is 44.9 Å². The van der Waals surface area contributed by atoms with Gasteiger partial charge in [-0.15, -0.1) is 0 Å². The first kappa shape index (κ1) is 24.6. The lowest BCUT2D eigenvalue weighted by molar-refractivity contribution is -0.0390. The zero-order valence-corrected chi connectivity index (χ0v) is 19.6. The van der Waals surface area contributed by atoms with Crippen LogP contribution in [-0.4, -0.2) is 61.9 Å². The Morgan fingerprint density at radius 2 is 1.70 bits per heavy atom. The summed E-state index contributed by atoms with van der Waals surface area (Å²) in [6.07, 6.45) is 2.33. The maximum atomic E-state index is 6.00. The number of nitrogens with one attached hydrogen (secondary N) is 2. The van der Waals surface area contributed by atoms with Crippen LogP contribution in [0.5, 0.6) is 0 Å². The highest BCUT2D eigenvalue weighted by molar-refractivity contribution is 5.79. The van der Waals surface area contributed by atoms with Gasteiger partial charge in [0.1, 0.15) is 0 Å². The molecular weight excluding hydrogens is 376 g/mol. The van der Waals surface area contributed by atoms with Crippen molar-refractivity contribution in [2.75, 3.05) is 32.8 Å². The van der Waals surface area contributed by atoms with Gasteiger partial charge in [0.25, 0.3) is 0 Å². The number of nitrogens with zero attached hydrogens (tertiary/aromatic N) is 2. The smallest absolute Gasteiger partial charge is 0.191 e. The summed E-state index contributed by atoms with van der Waals surface area (Å²) in [7, 11) is 0. The topological polar surface area (TPSA) is 58.1 Å². The fourth-order valence-corrected chi connectivity index (χ4v) is 3.73. The number of aliphatic imine (C=N–C) groups is 1. The van der Waals surface area contributed by atoms with Crippen LogP contribution in [0.25, 0.3) is 0 Å². The van der Waals surface area contributed by atoms with Gasteiger partial charge in [0.15, 0.2) is 5.96 Å². The maximum absolute atomic E-state index is 6.00. The van der Waals surface area contributed by atoms with Gasteiger partial charge in [-0.2, -0.15) is 0 Å². The molecule has 0 saturated carbocycles. The van der Waals surface area contributed by atoms with Crippen LogP contribution in [0.1, 0.15) is 58.6 Å². The number of hydrogen-bond acceptors (Lipinski definition) is 4. The van der Waals surface area contributed by atoms with Gasteiger partial charge in [-0.05, 0) is 58.6 Å². The van der Waals surface area contributed by atoms with E-state index in [9.17, 15) is 0 Å². The molecule has 0 unspecified atom stereocenters. The van der Waals surface area contributed by atoms with E-state index in [1.54, 1.807) is 0 Å². The average molecular weight is 419 g/mol. The molecule has 30 heavy (non-hydrogen) atoms. The third-order valence-electron chi connectivity index (χ3n) is 5.43. The molecule has 0 spiro atoms. The molecule has 0 radical (unpaired) electrons. The first-order valence-electron chi connectivity index (χ1n) is 11.5. The summed E-state index contributed by atoms with van der Waals surface area (Å²) in [4.78, 5) is 7.23. The Labute approximate surface area is 183 Å². The van der Waals surface area contributed by atoms with Gasteiger partial charge in [-0.3, -0.25) is 4.90 Å². The summed E-state index contributed by atoms with van der Waals surface area (Å²) in [6, 6.07) is 9.67. The van der Waals surface area contributed by atoms with Gasteiger partial charge < -0.3 is 20.1 Å². The maximum Gasteiger partial charge on any atom is 0.191 e. The Balaban J connectivity index is 1.80. The van der Waals surface area contributed by atoms with E-state index in [-0.39, 0.29) is 0 Å². The van der Waals surface area contributed by atoms with Crippen molar-refractivity contribution in [1.82, 2.24) is 15.5 Å². The monoisotopic (exact) mass is 418 g/mol. The van der Waals surface area contributed by atoms with Crippen molar-refractivity contribution in [2.24, 2.45) is 4.99 Å². The Morgan fingerprint density at radius 3 is 2.30 bits per heavy atom. The van der Waals surface area contributed by atoms with E-state index in [0.29, 0.717) is 31.3 Å². The Morgan fingerprint density at radius 1 is 1.07 bits per heavy atom. The standard InChI is InChI=1S/C24H42N4O2/c1-6-25-24(26-13-14-28(19(2)3)20(4)5)27-17-21-7-9-22(10-8-21)18-30-23-11-15-29-16-12-23/h7-10,19-20,23H,6,11-18H2,1-5H3,(H2,25,26,27). The van der Waals surface area contributed by atoms with Crippen molar-refractivity contribution in [2.45, 2.75) is 78.8 Å². The third kappa shape index (κ3) is 9.02. The predicted molar refractivity (Wildman–Crippen MR) is 125 cm³/mol. The first-order chi connectivity index (χ1) is 14.5. The molecule has 2 rings (SSSR count). The molecule has 6 heteroatoms. The summed E-state index contributed by atoms with van der Waals surface area (Å²) in [5.41, 5.74) is 2.41. The number of hydrogen-bond donors (Lipinski definition) is 2. The van der Waals surface area contributed by atoms with Gasteiger partial charge in [-0.1, -0.05) is 24.3 Å². The predicted octanol–water partition coefficient (Wildman–Crippen LogP) is 3.56. The molecular formula is C24H42N4O2. The van der Waals surface area contributed by atoms with Crippen LogP contribution in [0, 0.1) is 0 Å². The van der Waals surface area contributed by atoms with E-state index >= 15 is 0 Å². The Kier molecular flexibility index (Phi) is 11.2. The van der Waals surface area contributed by atoms with Crippen LogP contribution in [0.15, 0.2) is 29.3 Å². The van der Waals surface area contributed by atoms with Gasteiger partial charge in [-0.25, -0.2) is 4.99 Å². The molecule has 0 aliphatic carbocycles. The van der Waals surface area contributed by atoms with Gasteiger partial charge in [0.2, 0.25) is 0 Å². The lowest BCUT2D eigenvalue weighted by Crippen LogP contribution is -2.45. The van der Waals surface area contributed by atoms with E-state index in [1.165, 1.54) is 11.1 Å². The lowest BCUT2D eigenvalue weighted by Gasteiger charge is -2.30. The fraction of sp³-hybridized carbons (Fsp3) is 0.708. The van der Waals surface area contributed by atoms with E-state index in [4.69, 9.17) is 14.5 Å². The van der Waals surface area contributed by atoms with Crippen LogP contribution < -0.4 is 10.6 Å². The van der Waals surface area contributed by atoms with Crippen LogP contribution in [0.2, 0.25) is 0 Å². The molecule has 170 valence electrons. The Bertz CT molecular complexity index is 602. The molecule has 1 fully saturated rings. The minimum atomic E-state index is 0.332. The van der Waals surface area contributed by atoms with Crippen molar-refractivity contribution in [1.29, 1.82) is 0 Å². The van der Waals surface area contributed by atoms with Crippen LogP contribution in [0.3, 0.4) is 0 Å². The lowest BCUT2D eigenvalue weighted by atomic mass is 10.1. The van der Waals surface area contributed by atoms with Crippen LogP contribution in [0.4, 0.5) is 0 Å². The largest absolute Gasteiger partial charge is 0.381 e. The Hall–Kier alpha value is -1.63. The molecule has 2 N–H and O–H groups in total. The number of ether oxygens (including phenoxy) is 2. The van der Waals surface area contributed by atoms with Gasteiger partial charge in [0.05, 0.1) is 19.3 Å². The summed E-state index contributed by atoms with van der Waals surface area (Å²) >= 11 is 0. The molecule has 1 aliphatic rings. The third-order valence-corrected chi connectivity index (χ3v) is 5.43. The molecule has 1 aromatic rings. The molecule has 1 saturated heterocycles. The SMILES string of the molecule is CCNC(=NCc1ccc(COC2CCOCC2)cc1)NCCN(C(C)C)C(C)C.